The number of aromatic nitrogens is 2. The first-order chi connectivity index (χ1) is 12.2. The molecule has 1 aromatic heterocycles. The van der Waals surface area contributed by atoms with Crippen molar-refractivity contribution in [2.45, 2.75) is 32.2 Å². The van der Waals surface area contributed by atoms with Gasteiger partial charge in [-0.2, -0.15) is 0 Å². The summed E-state index contributed by atoms with van der Waals surface area (Å²) in [5, 5.41) is 0. The van der Waals surface area contributed by atoms with Crippen LogP contribution in [-0.2, 0) is 4.79 Å². The van der Waals surface area contributed by atoms with Gasteiger partial charge in [0.15, 0.2) is 0 Å². The van der Waals surface area contributed by atoms with Crippen LogP contribution in [-0.4, -0.2) is 57.3 Å². The quantitative estimate of drug-likeness (QED) is 0.860. The molecule has 3 aliphatic rings. The van der Waals surface area contributed by atoms with E-state index in [1.165, 1.54) is 0 Å². The molecule has 0 unspecified atom stereocenters. The summed E-state index contributed by atoms with van der Waals surface area (Å²) in [7, 11) is 0. The van der Waals surface area contributed by atoms with Crippen molar-refractivity contribution in [3.63, 3.8) is 0 Å². The van der Waals surface area contributed by atoms with E-state index in [4.69, 9.17) is 0 Å². The van der Waals surface area contributed by atoms with Crippen LogP contribution in [0.25, 0.3) is 11.0 Å². The van der Waals surface area contributed by atoms with Crippen LogP contribution in [0.5, 0.6) is 0 Å². The first kappa shape index (κ1) is 16.0. The maximum atomic E-state index is 13.0. The molecule has 0 spiro atoms. The lowest BCUT2D eigenvalue weighted by Crippen LogP contribution is -2.48. The average Bonchev–Trinajstić information content (AvgIpc) is 2.93. The zero-order valence-corrected chi connectivity index (χ0v) is 14.4. The van der Waals surface area contributed by atoms with Crippen molar-refractivity contribution in [1.82, 2.24) is 19.8 Å². The van der Waals surface area contributed by atoms with Gasteiger partial charge in [0.25, 0.3) is 5.91 Å². The number of benzene rings is 1. The average molecular weight is 338 g/mol. The first-order valence-corrected chi connectivity index (χ1v) is 8.98. The second-order valence-electron chi connectivity index (χ2n) is 6.93. The van der Waals surface area contributed by atoms with Gasteiger partial charge in [0.2, 0.25) is 5.91 Å². The largest absolute Gasteiger partial charge is 0.338 e. The van der Waals surface area contributed by atoms with E-state index in [-0.39, 0.29) is 23.8 Å². The lowest BCUT2D eigenvalue weighted by atomic mass is 9.94. The molecule has 3 saturated heterocycles. The van der Waals surface area contributed by atoms with Crippen LogP contribution < -0.4 is 0 Å². The SMILES string of the molecule is CCCN1C(=O)[C@@H]2CC[C@H]1CN(C(=O)c1ccc3nccnc3c1)C2. The molecule has 0 saturated carbocycles. The van der Waals surface area contributed by atoms with Gasteiger partial charge in [0.1, 0.15) is 0 Å². The third-order valence-corrected chi connectivity index (χ3v) is 5.26. The lowest BCUT2D eigenvalue weighted by Gasteiger charge is -2.35. The number of carbonyl (C=O) groups is 2. The monoisotopic (exact) mass is 338 g/mol. The number of fused-ring (bicyclic) bond motifs is 5. The standard InChI is InChI=1S/C19H22N4O2/c1-2-9-23-15-5-3-14(19(23)25)11-22(12-15)18(24)13-4-6-16-17(10-13)21-8-7-20-16/h4,6-8,10,14-15H,2-3,5,9,11-12H2,1H3/t14-,15+/m1/s1. The smallest absolute Gasteiger partial charge is 0.254 e. The van der Waals surface area contributed by atoms with Gasteiger partial charge < -0.3 is 9.80 Å². The molecule has 3 aliphatic heterocycles. The van der Waals surface area contributed by atoms with Crippen molar-refractivity contribution in [2.24, 2.45) is 5.92 Å². The Kier molecular flexibility index (Phi) is 4.11. The number of amides is 2. The Morgan fingerprint density at radius 2 is 1.96 bits per heavy atom. The fourth-order valence-electron chi connectivity index (χ4n) is 4.02. The summed E-state index contributed by atoms with van der Waals surface area (Å²) in [4.78, 5) is 38.1. The molecule has 6 nitrogen and oxygen atoms in total. The Bertz CT molecular complexity index is 822. The van der Waals surface area contributed by atoms with Gasteiger partial charge in [-0.1, -0.05) is 6.92 Å². The minimum Gasteiger partial charge on any atom is -0.338 e. The number of carbonyl (C=O) groups excluding carboxylic acids is 2. The molecule has 0 radical (unpaired) electrons. The van der Waals surface area contributed by atoms with E-state index < -0.39 is 0 Å². The minimum atomic E-state index is -0.0606. The van der Waals surface area contributed by atoms with Gasteiger partial charge in [-0.3, -0.25) is 19.6 Å². The zero-order valence-electron chi connectivity index (χ0n) is 14.4. The second-order valence-corrected chi connectivity index (χ2v) is 6.93. The fourth-order valence-corrected chi connectivity index (χ4v) is 4.02. The van der Waals surface area contributed by atoms with Crippen molar-refractivity contribution in [2.75, 3.05) is 19.6 Å². The van der Waals surface area contributed by atoms with E-state index >= 15 is 0 Å². The van der Waals surface area contributed by atoms with Crippen LogP contribution in [0, 0.1) is 5.92 Å². The van der Waals surface area contributed by atoms with Gasteiger partial charge in [0.05, 0.1) is 17.0 Å². The van der Waals surface area contributed by atoms with E-state index in [2.05, 4.69) is 16.9 Å². The van der Waals surface area contributed by atoms with Gasteiger partial charge in [-0.25, -0.2) is 0 Å². The van der Waals surface area contributed by atoms with Gasteiger partial charge in [-0.05, 0) is 37.5 Å². The van der Waals surface area contributed by atoms with Crippen molar-refractivity contribution in [1.29, 1.82) is 0 Å². The summed E-state index contributed by atoms with van der Waals surface area (Å²) in [6.45, 7) is 4.02. The fraction of sp³-hybridized carbons (Fsp3) is 0.474. The van der Waals surface area contributed by atoms with Gasteiger partial charge in [-0.15, -0.1) is 0 Å². The molecule has 5 rings (SSSR count). The van der Waals surface area contributed by atoms with Crippen LogP contribution in [0.2, 0.25) is 0 Å². The summed E-state index contributed by atoms with van der Waals surface area (Å²) >= 11 is 0. The molecular weight excluding hydrogens is 316 g/mol. The third kappa shape index (κ3) is 2.86. The van der Waals surface area contributed by atoms with E-state index in [1.54, 1.807) is 24.5 Å². The molecule has 3 fully saturated rings. The summed E-state index contributed by atoms with van der Waals surface area (Å²) in [5.74, 6) is 0.142. The molecule has 1 aromatic carbocycles. The minimum absolute atomic E-state index is 0.0180. The Balaban J connectivity index is 1.60. The van der Waals surface area contributed by atoms with E-state index in [1.807, 2.05) is 15.9 Å². The van der Waals surface area contributed by atoms with E-state index in [0.29, 0.717) is 18.7 Å². The maximum absolute atomic E-state index is 13.0. The van der Waals surface area contributed by atoms with E-state index in [0.717, 1.165) is 36.8 Å². The zero-order chi connectivity index (χ0) is 17.4. The number of hydrogen-bond acceptors (Lipinski definition) is 4. The normalized spacial score (nSPS) is 23.2. The Hall–Kier alpha value is -2.50. The van der Waals surface area contributed by atoms with Gasteiger partial charge in [0, 0.05) is 43.6 Å². The Morgan fingerprint density at radius 1 is 1.16 bits per heavy atom. The second kappa shape index (κ2) is 6.43. The summed E-state index contributed by atoms with van der Waals surface area (Å²) < 4.78 is 0. The predicted molar refractivity (Wildman–Crippen MR) is 94.0 cm³/mol. The number of piperidine rings is 1. The first-order valence-electron chi connectivity index (χ1n) is 8.98. The number of rotatable bonds is 3. The molecule has 25 heavy (non-hydrogen) atoms. The van der Waals surface area contributed by atoms with Crippen molar-refractivity contribution in [3.8, 4) is 0 Å². The number of nitrogens with zero attached hydrogens (tertiary/aromatic N) is 4. The highest BCUT2D eigenvalue weighted by molar-refractivity contribution is 5.97. The van der Waals surface area contributed by atoms with Crippen molar-refractivity contribution in [3.05, 3.63) is 36.2 Å². The molecule has 130 valence electrons. The molecule has 4 heterocycles. The molecule has 2 aromatic rings. The Labute approximate surface area is 146 Å². The van der Waals surface area contributed by atoms with Crippen LogP contribution in [0.15, 0.2) is 30.6 Å². The summed E-state index contributed by atoms with van der Waals surface area (Å²) in [6, 6.07) is 5.58. The predicted octanol–water partition coefficient (Wildman–Crippen LogP) is 2.10. The van der Waals surface area contributed by atoms with Crippen LogP contribution in [0.3, 0.4) is 0 Å². The molecule has 0 aliphatic carbocycles. The molecule has 6 heteroatoms. The topological polar surface area (TPSA) is 66.4 Å². The summed E-state index contributed by atoms with van der Waals surface area (Å²) in [5.41, 5.74) is 2.11. The lowest BCUT2D eigenvalue weighted by molar-refractivity contribution is -0.139. The molecule has 2 amide bonds. The van der Waals surface area contributed by atoms with Crippen LogP contribution in [0.1, 0.15) is 36.5 Å². The molecule has 2 atom stereocenters. The highest BCUT2D eigenvalue weighted by Crippen LogP contribution is 2.30. The maximum Gasteiger partial charge on any atom is 0.254 e. The van der Waals surface area contributed by atoms with Crippen molar-refractivity contribution < 1.29 is 9.59 Å². The van der Waals surface area contributed by atoms with Gasteiger partial charge >= 0.3 is 0 Å². The highest BCUT2D eigenvalue weighted by atomic mass is 16.2. The third-order valence-electron chi connectivity index (χ3n) is 5.26. The molecular formula is C19H22N4O2. The highest BCUT2D eigenvalue weighted by Gasteiger charge is 2.41. The van der Waals surface area contributed by atoms with Crippen LogP contribution in [0.4, 0.5) is 0 Å². The molecule has 2 bridgehead atoms. The summed E-state index contributed by atoms with van der Waals surface area (Å²) in [6.07, 6.45) is 6.10. The van der Waals surface area contributed by atoms with E-state index in [9.17, 15) is 9.59 Å². The van der Waals surface area contributed by atoms with Crippen molar-refractivity contribution >= 4 is 22.8 Å². The van der Waals surface area contributed by atoms with Crippen LogP contribution >= 0.6 is 0 Å². The number of hydrogen-bond donors (Lipinski definition) is 0. The Morgan fingerprint density at radius 3 is 2.76 bits per heavy atom. The molecule has 0 N–H and O–H groups in total.